The smallest absolute Gasteiger partial charge is 0.123 e. The quantitative estimate of drug-likeness (QED) is 0.768. The van der Waals surface area contributed by atoms with Gasteiger partial charge in [-0.1, -0.05) is 0 Å². The number of benzene rings is 2. The third kappa shape index (κ3) is 3.70. The molecule has 0 aliphatic heterocycles. The van der Waals surface area contributed by atoms with Crippen molar-refractivity contribution in [1.29, 1.82) is 0 Å². The Bertz CT molecular complexity index is 544. The lowest BCUT2D eigenvalue weighted by atomic mass is 10.2. The molecule has 2 rings (SSSR count). The minimum Gasteiger partial charge on any atom is -0.490 e. The predicted octanol–water partition coefficient (Wildman–Crippen LogP) is 4.04. The zero-order chi connectivity index (χ0) is 14.5. The molecule has 2 aromatic rings. The number of ether oxygens (including phenoxy) is 2. The minimum absolute atomic E-state index is 0.284. The largest absolute Gasteiger partial charge is 0.490 e. The van der Waals surface area contributed by atoms with E-state index < -0.39 is 0 Å². The molecule has 4 heteroatoms. The molecule has 0 heterocycles. The molecular weight excluding hydrogens is 262 g/mol. The van der Waals surface area contributed by atoms with E-state index >= 15 is 0 Å². The summed E-state index contributed by atoms with van der Waals surface area (Å²) in [6.45, 7) is 4.24. The Balaban J connectivity index is 1.84. The molecule has 0 radical (unpaired) electrons. The first-order valence-electron chi connectivity index (χ1n) is 6.34. The topological polar surface area (TPSA) is 18.5 Å². The van der Waals surface area contributed by atoms with E-state index in [9.17, 15) is 8.78 Å². The van der Waals surface area contributed by atoms with Crippen LogP contribution in [-0.2, 0) is 0 Å². The van der Waals surface area contributed by atoms with Crippen LogP contribution in [0.4, 0.5) is 8.78 Å². The normalized spacial score (nSPS) is 10.4. The Morgan fingerprint density at radius 3 is 1.50 bits per heavy atom. The van der Waals surface area contributed by atoms with Crippen molar-refractivity contribution >= 4 is 0 Å². The van der Waals surface area contributed by atoms with E-state index in [1.807, 2.05) is 0 Å². The lowest BCUT2D eigenvalue weighted by molar-refractivity contribution is 0.215. The van der Waals surface area contributed by atoms with E-state index in [-0.39, 0.29) is 11.6 Å². The fraction of sp³-hybridized carbons (Fsp3) is 0.250. The van der Waals surface area contributed by atoms with Crippen molar-refractivity contribution < 1.29 is 18.3 Å². The maximum Gasteiger partial charge on any atom is 0.123 e. The fourth-order valence-electron chi connectivity index (χ4n) is 1.85. The molecule has 2 nitrogen and oxygen atoms in total. The van der Waals surface area contributed by atoms with Gasteiger partial charge in [-0.25, -0.2) is 8.78 Å². The second-order valence-corrected chi connectivity index (χ2v) is 4.52. The van der Waals surface area contributed by atoms with Crippen LogP contribution in [-0.4, -0.2) is 13.2 Å². The number of halogens is 2. The summed E-state index contributed by atoms with van der Waals surface area (Å²) in [7, 11) is 0. The van der Waals surface area contributed by atoms with E-state index in [2.05, 4.69) is 0 Å². The highest BCUT2D eigenvalue weighted by molar-refractivity contribution is 5.33. The van der Waals surface area contributed by atoms with Crippen molar-refractivity contribution in [3.63, 3.8) is 0 Å². The lowest BCUT2D eigenvalue weighted by Gasteiger charge is -2.11. The number of aryl methyl sites for hydroxylation is 2. The van der Waals surface area contributed by atoms with Gasteiger partial charge in [0.05, 0.1) is 0 Å². The molecule has 0 unspecified atom stereocenters. The predicted molar refractivity (Wildman–Crippen MR) is 73.3 cm³/mol. The summed E-state index contributed by atoms with van der Waals surface area (Å²) in [5.41, 5.74) is 1.48. The Morgan fingerprint density at radius 2 is 1.15 bits per heavy atom. The van der Waals surface area contributed by atoms with Crippen molar-refractivity contribution in [2.75, 3.05) is 13.2 Å². The minimum atomic E-state index is -0.284. The van der Waals surface area contributed by atoms with E-state index in [1.165, 1.54) is 24.3 Å². The van der Waals surface area contributed by atoms with E-state index in [0.29, 0.717) is 24.7 Å². The maximum absolute atomic E-state index is 12.9. The Labute approximate surface area is 117 Å². The van der Waals surface area contributed by atoms with Crippen LogP contribution in [0.5, 0.6) is 11.5 Å². The van der Waals surface area contributed by atoms with Gasteiger partial charge < -0.3 is 9.47 Å². The average molecular weight is 278 g/mol. The van der Waals surface area contributed by atoms with Crippen LogP contribution in [0.3, 0.4) is 0 Å². The monoisotopic (exact) mass is 278 g/mol. The molecule has 0 aliphatic rings. The zero-order valence-corrected chi connectivity index (χ0v) is 11.5. The van der Waals surface area contributed by atoms with Crippen LogP contribution in [0.15, 0.2) is 36.4 Å². The summed E-state index contributed by atoms with van der Waals surface area (Å²) >= 11 is 0. The summed E-state index contributed by atoms with van der Waals surface area (Å²) in [6.07, 6.45) is 0. The molecule has 0 saturated heterocycles. The molecule has 2 aromatic carbocycles. The molecule has 106 valence electrons. The van der Waals surface area contributed by atoms with E-state index in [0.717, 1.165) is 11.1 Å². The standard InChI is InChI=1S/C16H16F2O2/c1-11-9-13(17)3-5-15(11)19-7-8-20-16-6-4-14(18)10-12(16)2/h3-6,9-10H,7-8H2,1-2H3. The number of hydrogen-bond acceptors (Lipinski definition) is 2. The first-order valence-corrected chi connectivity index (χ1v) is 6.34. The van der Waals surface area contributed by atoms with Gasteiger partial charge in [0.25, 0.3) is 0 Å². The first-order chi connectivity index (χ1) is 9.56. The van der Waals surface area contributed by atoms with Crippen LogP contribution in [0.2, 0.25) is 0 Å². The second-order valence-electron chi connectivity index (χ2n) is 4.52. The van der Waals surface area contributed by atoms with Crippen LogP contribution in [0.25, 0.3) is 0 Å². The molecule has 0 saturated carbocycles. The Kier molecular flexibility index (Phi) is 4.56. The first kappa shape index (κ1) is 14.3. The average Bonchev–Trinajstić information content (AvgIpc) is 2.39. The molecule has 0 spiro atoms. The summed E-state index contributed by atoms with van der Waals surface area (Å²) in [5.74, 6) is 0.692. The van der Waals surface area contributed by atoms with Gasteiger partial charge in [0.1, 0.15) is 36.3 Å². The van der Waals surface area contributed by atoms with Gasteiger partial charge in [-0.3, -0.25) is 0 Å². The van der Waals surface area contributed by atoms with Crippen LogP contribution >= 0.6 is 0 Å². The van der Waals surface area contributed by atoms with Crippen LogP contribution in [0.1, 0.15) is 11.1 Å². The highest BCUT2D eigenvalue weighted by Gasteiger charge is 2.03. The molecule has 0 amide bonds. The van der Waals surface area contributed by atoms with E-state index in [4.69, 9.17) is 9.47 Å². The van der Waals surface area contributed by atoms with Crippen molar-refractivity contribution in [3.05, 3.63) is 59.2 Å². The maximum atomic E-state index is 12.9. The van der Waals surface area contributed by atoms with Gasteiger partial charge >= 0.3 is 0 Å². The second kappa shape index (κ2) is 6.37. The Morgan fingerprint density at radius 1 is 0.750 bits per heavy atom. The Hall–Kier alpha value is -2.10. The van der Waals surface area contributed by atoms with Gasteiger partial charge in [-0.15, -0.1) is 0 Å². The van der Waals surface area contributed by atoms with Gasteiger partial charge in [0.15, 0.2) is 0 Å². The SMILES string of the molecule is Cc1cc(F)ccc1OCCOc1ccc(F)cc1C. The van der Waals surface area contributed by atoms with Gasteiger partial charge in [0.2, 0.25) is 0 Å². The molecule has 0 aliphatic carbocycles. The lowest BCUT2D eigenvalue weighted by Crippen LogP contribution is -2.10. The van der Waals surface area contributed by atoms with E-state index in [1.54, 1.807) is 26.0 Å². The molecule has 20 heavy (non-hydrogen) atoms. The fourth-order valence-corrected chi connectivity index (χ4v) is 1.85. The van der Waals surface area contributed by atoms with Crippen molar-refractivity contribution in [3.8, 4) is 11.5 Å². The van der Waals surface area contributed by atoms with Gasteiger partial charge in [0, 0.05) is 0 Å². The molecular formula is C16H16F2O2. The molecule has 0 N–H and O–H groups in total. The van der Waals surface area contributed by atoms with Gasteiger partial charge in [-0.2, -0.15) is 0 Å². The van der Waals surface area contributed by atoms with Gasteiger partial charge in [-0.05, 0) is 61.4 Å². The van der Waals surface area contributed by atoms with Crippen LogP contribution < -0.4 is 9.47 Å². The van der Waals surface area contributed by atoms with Crippen molar-refractivity contribution in [2.45, 2.75) is 13.8 Å². The van der Waals surface area contributed by atoms with Crippen molar-refractivity contribution in [1.82, 2.24) is 0 Å². The van der Waals surface area contributed by atoms with Crippen molar-refractivity contribution in [2.24, 2.45) is 0 Å². The third-order valence-corrected chi connectivity index (χ3v) is 2.87. The summed E-state index contributed by atoms with van der Waals surface area (Å²) in [5, 5.41) is 0. The molecule has 0 aromatic heterocycles. The summed E-state index contributed by atoms with van der Waals surface area (Å²) in [4.78, 5) is 0. The summed E-state index contributed by atoms with van der Waals surface area (Å²) in [6, 6.07) is 8.73. The number of hydrogen-bond donors (Lipinski definition) is 0. The van der Waals surface area contributed by atoms with Crippen LogP contribution in [0, 0.1) is 25.5 Å². The zero-order valence-electron chi connectivity index (χ0n) is 11.5. The molecule has 0 atom stereocenters. The molecule has 0 bridgehead atoms. The number of rotatable bonds is 5. The highest BCUT2D eigenvalue weighted by Crippen LogP contribution is 2.20. The summed E-state index contributed by atoms with van der Waals surface area (Å²) < 4.78 is 36.9. The highest BCUT2D eigenvalue weighted by atomic mass is 19.1. The third-order valence-electron chi connectivity index (χ3n) is 2.87. The molecule has 0 fully saturated rings.